The molecule has 1 aliphatic heterocycles. The molecule has 0 radical (unpaired) electrons. The van der Waals surface area contributed by atoms with Gasteiger partial charge in [-0.2, -0.15) is 0 Å². The van der Waals surface area contributed by atoms with Gasteiger partial charge in [-0.25, -0.2) is 0 Å². The summed E-state index contributed by atoms with van der Waals surface area (Å²) in [7, 11) is 0. The molecule has 0 spiro atoms. The molecule has 0 aromatic carbocycles. The van der Waals surface area contributed by atoms with Crippen LogP contribution in [0.3, 0.4) is 0 Å². The van der Waals surface area contributed by atoms with Crippen LogP contribution in [0, 0.1) is 0 Å². The lowest BCUT2D eigenvalue weighted by atomic mass is 10.2. The Balaban J connectivity index is 2.55. The highest BCUT2D eigenvalue weighted by Crippen LogP contribution is 2.17. The maximum atomic E-state index is 11.3. The van der Waals surface area contributed by atoms with Crippen LogP contribution in [0.1, 0.15) is 42.6 Å². The molecule has 4 heteroatoms. The SMILES string of the molecule is CC(C)c1nnc2n1C=CCC2=O. The molecule has 0 unspecified atom stereocenters. The first-order chi connectivity index (χ1) is 6.20. The number of aromatic nitrogens is 3. The van der Waals surface area contributed by atoms with Gasteiger partial charge in [-0.3, -0.25) is 9.36 Å². The molecule has 1 aliphatic rings. The first-order valence-corrected chi connectivity index (χ1v) is 4.35. The molecular formula is C9H11N3O. The second-order valence-electron chi connectivity index (χ2n) is 3.42. The van der Waals surface area contributed by atoms with Gasteiger partial charge in [0.2, 0.25) is 11.6 Å². The minimum Gasteiger partial charge on any atom is -0.290 e. The highest BCUT2D eigenvalue weighted by Gasteiger charge is 2.20. The van der Waals surface area contributed by atoms with Gasteiger partial charge in [0.05, 0.1) is 0 Å². The van der Waals surface area contributed by atoms with Crippen LogP contribution < -0.4 is 0 Å². The highest BCUT2D eigenvalue weighted by molar-refractivity contribution is 5.96. The molecule has 0 bridgehead atoms. The number of carbonyl (C=O) groups excluding carboxylic acids is 1. The van der Waals surface area contributed by atoms with Gasteiger partial charge >= 0.3 is 0 Å². The molecular weight excluding hydrogens is 166 g/mol. The molecule has 1 aromatic heterocycles. The maximum Gasteiger partial charge on any atom is 0.204 e. The van der Waals surface area contributed by atoms with Gasteiger partial charge in [-0.05, 0) is 0 Å². The summed E-state index contributed by atoms with van der Waals surface area (Å²) in [4.78, 5) is 11.3. The zero-order valence-electron chi connectivity index (χ0n) is 7.69. The molecule has 1 aromatic rings. The molecule has 0 saturated heterocycles. The number of fused-ring (bicyclic) bond motifs is 1. The predicted molar refractivity (Wildman–Crippen MR) is 48.4 cm³/mol. The maximum absolute atomic E-state index is 11.3. The molecule has 68 valence electrons. The normalized spacial score (nSPS) is 15.2. The van der Waals surface area contributed by atoms with Crippen molar-refractivity contribution in [2.24, 2.45) is 0 Å². The zero-order valence-corrected chi connectivity index (χ0v) is 7.69. The van der Waals surface area contributed by atoms with Gasteiger partial charge in [-0.15, -0.1) is 10.2 Å². The third-order valence-electron chi connectivity index (χ3n) is 2.05. The number of Topliss-reactive ketones (excluding diaryl/α,β-unsaturated/α-hetero) is 1. The van der Waals surface area contributed by atoms with Gasteiger partial charge in [0.25, 0.3) is 0 Å². The number of allylic oxidation sites excluding steroid dienone is 1. The van der Waals surface area contributed by atoms with Crippen molar-refractivity contribution in [3.8, 4) is 0 Å². The van der Waals surface area contributed by atoms with E-state index >= 15 is 0 Å². The average molecular weight is 177 g/mol. The van der Waals surface area contributed by atoms with Crippen molar-refractivity contribution in [1.82, 2.24) is 14.8 Å². The summed E-state index contributed by atoms with van der Waals surface area (Å²) in [6, 6.07) is 0. The third-order valence-corrected chi connectivity index (χ3v) is 2.05. The number of hydrogen-bond acceptors (Lipinski definition) is 3. The van der Waals surface area contributed by atoms with Crippen LogP contribution in [-0.4, -0.2) is 20.5 Å². The molecule has 2 rings (SSSR count). The van der Waals surface area contributed by atoms with E-state index in [0.717, 1.165) is 5.82 Å². The second kappa shape index (κ2) is 2.80. The van der Waals surface area contributed by atoms with Gasteiger partial charge < -0.3 is 0 Å². The highest BCUT2D eigenvalue weighted by atomic mass is 16.1. The smallest absolute Gasteiger partial charge is 0.204 e. The molecule has 0 saturated carbocycles. The first-order valence-electron chi connectivity index (χ1n) is 4.35. The number of carbonyl (C=O) groups is 1. The zero-order chi connectivity index (χ0) is 9.42. The Morgan fingerprint density at radius 2 is 2.23 bits per heavy atom. The van der Waals surface area contributed by atoms with E-state index in [9.17, 15) is 4.79 Å². The summed E-state index contributed by atoms with van der Waals surface area (Å²) >= 11 is 0. The summed E-state index contributed by atoms with van der Waals surface area (Å²) in [5.74, 6) is 1.64. The van der Waals surface area contributed by atoms with Crippen molar-refractivity contribution in [2.75, 3.05) is 0 Å². The van der Waals surface area contributed by atoms with Crippen LogP contribution in [0.15, 0.2) is 6.08 Å². The summed E-state index contributed by atoms with van der Waals surface area (Å²) in [6.45, 7) is 4.06. The van der Waals surface area contributed by atoms with Crippen molar-refractivity contribution in [3.05, 3.63) is 17.7 Å². The molecule has 4 nitrogen and oxygen atoms in total. The van der Waals surface area contributed by atoms with E-state index in [1.54, 1.807) is 4.57 Å². The lowest BCUT2D eigenvalue weighted by Crippen LogP contribution is -2.11. The molecule has 0 N–H and O–H groups in total. The van der Waals surface area contributed by atoms with Gasteiger partial charge in [0.1, 0.15) is 5.82 Å². The van der Waals surface area contributed by atoms with Crippen molar-refractivity contribution in [1.29, 1.82) is 0 Å². The van der Waals surface area contributed by atoms with Crippen LogP contribution in [0.25, 0.3) is 6.20 Å². The Morgan fingerprint density at radius 1 is 1.46 bits per heavy atom. The number of nitrogens with zero attached hydrogens (tertiary/aromatic N) is 3. The van der Waals surface area contributed by atoms with E-state index < -0.39 is 0 Å². The average Bonchev–Trinajstić information content (AvgIpc) is 2.48. The summed E-state index contributed by atoms with van der Waals surface area (Å²) < 4.78 is 1.77. The number of ketones is 1. The molecule has 13 heavy (non-hydrogen) atoms. The van der Waals surface area contributed by atoms with Crippen LogP contribution in [-0.2, 0) is 0 Å². The first kappa shape index (κ1) is 8.16. The van der Waals surface area contributed by atoms with E-state index in [0.29, 0.717) is 12.2 Å². The van der Waals surface area contributed by atoms with Gasteiger partial charge in [0.15, 0.2) is 0 Å². The molecule has 0 amide bonds. The Labute approximate surface area is 76.3 Å². The number of hydrogen-bond donors (Lipinski definition) is 0. The van der Waals surface area contributed by atoms with Gasteiger partial charge in [0, 0.05) is 18.5 Å². The van der Waals surface area contributed by atoms with Gasteiger partial charge in [-0.1, -0.05) is 19.9 Å². The molecule has 0 aliphatic carbocycles. The minimum atomic E-state index is 0.0434. The van der Waals surface area contributed by atoms with Crippen LogP contribution in [0.5, 0.6) is 0 Å². The van der Waals surface area contributed by atoms with E-state index in [1.807, 2.05) is 26.1 Å². The lowest BCUT2D eigenvalue weighted by molar-refractivity contribution is 0.0982. The fourth-order valence-electron chi connectivity index (χ4n) is 1.39. The molecule has 0 fully saturated rings. The van der Waals surface area contributed by atoms with E-state index in [1.165, 1.54) is 0 Å². The quantitative estimate of drug-likeness (QED) is 0.652. The van der Waals surface area contributed by atoms with Crippen LogP contribution in [0.2, 0.25) is 0 Å². The standard InChI is InChI=1S/C9H11N3O/c1-6(2)8-10-11-9-7(13)4-3-5-12(8)9/h3,5-6H,4H2,1-2H3. The third kappa shape index (κ3) is 1.18. The fraction of sp³-hybridized carbons (Fsp3) is 0.444. The molecule has 0 atom stereocenters. The second-order valence-corrected chi connectivity index (χ2v) is 3.42. The van der Waals surface area contributed by atoms with Crippen LogP contribution in [0.4, 0.5) is 0 Å². The summed E-state index contributed by atoms with van der Waals surface area (Å²) in [6.07, 6.45) is 4.15. The fourth-order valence-corrected chi connectivity index (χ4v) is 1.39. The molecule has 2 heterocycles. The summed E-state index contributed by atoms with van der Waals surface area (Å²) in [5, 5.41) is 7.86. The topological polar surface area (TPSA) is 47.8 Å². The van der Waals surface area contributed by atoms with Crippen molar-refractivity contribution in [2.45, 2.75) is 26.2 Å². The summed E-state index contributed by atoms with van der Waals surface area (Å²) in [5.41, 5.74) is 0. The van der Waals surface area contributed by atoms with E-state index in [-0.39, 0.29) is 11.7 Å². The minimum absolute atomic E-state index is 0.0434. The Bertz CT molecular complexity index is 376. The monoisotopic (exact) mass is 177 g/mol. The Morgan fingerprint density at radius 3 is 2.92 bits per heavy atom. The van der Waals surface area contributed by atoms with Crippen LogP contribution >= 0.6 is 0 Å². The predicted octanol–water partition coefficient (Wildman–Crippen LogP) is 1.46. The van der Waals surface area contributed by atoms with Crippen molar-refractivity contribution >= 4 is 12.0 Å². The Kier molecular flexibility index (Phi) is 1.76. The van der Waals surface area contributed by atoms with E-state index in [4.69, 9.17) is 0 Å². The van der Waals surface area contributed by atoms with Crippen molar-refractivity contribution < 1.29 is 4.79 Å². The van der Waals surface area contributed by atoms with Crippen molar-refractivity contribution in [3.63, 3.8) is 0 Å². The van der Waals surface area contributed by atoms with E-state index in [2.05, 4.69) is 10.2 Å². The largest absolute Gasteiger partial charge is 0.290 e. The Hall–Kier alpha value is -1.45. The lowest BCUT2D eigenvalue weighted by Gasteiger charge is -2.09. The number of rotatable bonds is 1.